The van der Waals surface area contributed by atoms with E-state index in [-0.39, 0.29) is 5.96 Å². The van der Waals surface area contributed by atoms with Gasteiger partial charge in [-0.15, -0.1) is 0 Å². The number of imidazole rings is 1. The van der Waals surface area contributed by atoms with Crippen molar-refractivity contribution >= 4 is 17.0 Å². The molecule has 1 aliphatic heterocycles. The first-order chi connectivity index (χ1) is 15.6. The minimum Gasteiger partial charge on any atom is -0.370 e. The monoisotopic (exact) mass is 431 g/mol. The van der Waals surface area contributed by atoms with E-state index < -0.39 is 0 Å². The fourth-order valence-corrected chi connectivity index (χ4v) is 5.49. The van der Waals surface area contributed by atoms with Crippen LogP contribution in [0.4, 0.5) is 0 Å². The van der Waals surface area contributed by atoms with Crippen molar-refractivity contribution in [3.05, 3.63) is 59.7 Å². The Kier molecular flexibility index (Phi) is 5.83. The van der Waals surface area contributed by atoms with Gasteiger partial charge in [0.1, 0.15) is 5.82 Å². The minimum absolute atomic E-state index is 0.189. The van der Waals surface area contributed by atoms with Crippen LogP contribution in [-0.2, 0) is 19.5 Å². The smallest absolute Gasteiger partial charge is 0.188 e. The largest absolute Gasteiger partial charge is 0.370 e. The maximum absolute atomic E-state index is 7.84. The number of pyridine rings is 1. The molecule has 3 N–H and O–H groups in total. The summed E-state index contributed by atoms with van der Waals surface area (Å²) in [5, 5.41) is 7.84. The summed E-state index contributed by atoms with van der Waals surface area (Å²) in [5.74, 6) is 1.76. The van der Waals surface area contributed by atoms with Crippen LogP contribution in [0.3, 0.4) is 0 Å². The molecule has 5 rings (SSSR count). The van der Waals surface area contributed by atoms with Crippen LogP contribution in [-0.4, -0.2) is 50.4 Å². The molecule has 0 saturated carbocycles. The molecule has 32 heavy (non-hydrogen) atoms. The summed E-state index contributed by atoms with van der Waals surface area (Å²) in [5.41, 5.74) is 10.6. The summed E-state index contributed by atoms with van der Waals surface area (Å²) in [6.45, 7) is 3.43. The van der Waals surface area contributed by atoms with Crippen LogP contribution in [0.25, 0.3) is 11.0 Å². The topological polar surface area (TPSA) is 87.1 Å². The van der Waals surface area contributed by atoms with E-state index in [1.54, 1.807) is 0 Å². The summed E-state index contributed by atoms with van der Waals surface area (Å²) < 4.78 is 2.41. The highest BCUT2D eigenvalue weighted by atomic mass is 15.2. The summed E-state index contributed by atoms with van der Waals surface area (Å²) in [7, 11) is 2.20. The lowest BCUT2D eigenvalue weighted by molar-refractivity contribution is 0.196. The highest BCUT2D eigenvalue weighted by Gasteiger charge is 2.27. The Hall–Kier alpha value is -2.93. The van der Waals surface area contributed by atoms with Crippen molar-refractivity contribution in [2.45, 2.75) is 51.2 Å². The van der Waals surface area contributed by atoms with Gasteiger partial charge in [0.25, 0.3) is 0 Å². The highest BCUT2D eigenvalue weighted by Crippen LogP contribution is 2.33. The molecule has 2 atom stereocenters. The second-order valence-electron chi connectivity index (χ2n) is 9.34. The Morgan fingerprint density at radius 3 is 2.94 bits per heavy atom. The van der Waals surface area contributed by atoms with Gasteiger partial charge in [0.15, 0.2) is 5.96 Å². The molecule has 1 aromatic carbocycles. The average molecular weight is 432 g/mol. The van der Waals surface area contributed by atoms with Gasteiger partial charge in [-0.3, -0.25) is 15.3 Å². The molecule has 2 aliphatic rings. The molecule has 168 valence electrons. The average Bonchev–Trinajstić information content (AvgIpc) is 3.15. The number of nitrogens with zero attached hydrogens (tertiary/aromatic N) is 5. The van der Waals surface area contributed by atoms with Crippen molar-refractivity contribution in [1.29, 1.82) is 5.41 Å². The van der Waals surface area contributed by atoms with Crippen molar-refractivity contribution < 1.29 is 0 Å². The van der Waals surface area contributed by atoms with Crippen molar-refractivity contribution in [2.24, 2.45) is 11.7 Å². The number of piperidine rings is 1. The maximum Gasteiger partial charge on any atom is 0.188 e. The van der Waals surface area contributed by atoms with Gasteiger partial charge in [0.05, 0.1) is 29.3 Å². The summed E-state index contributed by atoms with van der Waals surface area (Å²) >= 11 is 0. The third kappa shape index (κ3) is 4.09. The molecule has 1 aliphatic carbocycles. The predicted molar refractivity (Wildman–Crippen MR) is 127 cm³/mol. The molecule has 1 fully saturated rings. The number of guanidine groups is 1. The number of para-hydroxylation sites is 2. The molecule has 0 unspecified atom stereocenters. The number of nitrogens with two attached hydrogens (primary N) is 1. The molecule has 1 saturated heterocycles. The lowest BCUT2D eigenvalue weighted by Crippen LogP contribution is -2.44. The molecule has 3 heterocycles. The van der Waals surface area contributed by atoms with E-state index in [4.69, 9.17) is 21.1 Å². The second-order valence-corrected chi connectivity index (χ2v) is 9.34. The van der Waals surface area contributed by atoms with Gasteiger partial charge in [-0.05, 0) is 68.8 Å². The zero-order chi connectivity index (χ0) is 22.1. The van der Waals surface area contributed by atoms with E-state index >= 15 is 0 Å². The van der Waals surface area contributed by atoms with E-state index in [1.807, 2.05) is 11.1 Å². The maximum atomic E-state index is 7.84. The molecule has 0 amide bonds. The molecule has 0 radical (unpaired) electrons. The summed E-state index contributed by atoms with van der Waals surface area (Å²) in [4.78, 5) is 14.2. The Morgan fingerprint density at radius 2 is 2.06 bits per heavy atom. The highest BCUT2D eigenvalue weighted by molar-refractivity contribution is 5.76. The van der Waals surface area contributed by atoms with Crippen molar-refractivity contribution in [2.75, 3.05) is 20.1 Å². The van der Waals surface area contributed by atoms with Gasteiger partial charge in [-0.1, -0.05) is 18.2 Å². The van der Waals surface area contributed by atoms with Gasteiger partial charge in [0, 0.05) is 25.8 Å². The number of rotatable bonds is 5. The zero-order valence-electron chi connectivity index (χ0n) is 18.9. The summed E-state index contributed by atoms with van der Waals surface area (Å²) in [6, 6.07) is 13.0. The molecular weight excluding hydrogens is 398 g/mol. The number of benzene rings is 1. The van der Waals surface area contributed by atoms with Gasteiger partial charge >= 0.3 is 0 Å². The number of hydrogen-bond donors (Lipinski definition) is 2. The molecule has 3 aromatic rings. The Morgan fingerprint density at radius 1 is 1.19 bits per heavy atom. The van der Waals surface area contributed by atoms with E-state index in [0.29, 0.717) is 12.0 Å². The third-order valence-corrected chi connectivity index (χ3v) is 7.12. The van der Waals surface area contributed by atoms with Gasteiger partial charge < -0.3 is 15.2 Å². The van der Waals surface area contributed by atoms with E-state index in [0.717, 1.165) is 63.2 Å². The minimum atomic E-state index is 0.189. The molecule has 7 nitrogen and oxygen atoms in total. The Balaban J connectivity index is 1.41. The number of fused-ring (bicyclic) bond motifs is 2. The zero-order valence-corrected chi connectivity index (χ0v) is 18.9. The Bertz CT molecular complexity index is 1100. The standard InChI is InChI=1S/C25H33N7/c1-30(22-12-4-8-19-9-5-13-28-24(19)22)17-23-29-20-10-2-3-11-21(20)32(23)16-18-7-6-14-31(15-18)25(26)27/h2-3,5,9-11,13,18,22H,4,6-8,12,14-17H2,1H3,(H3,26,27)/t18-,22-/m0/s1. The van der Waals surface area contributed by atoms with Gasteiger partial charge in [-0.2, -0.15) is 0 Å². The van der Waals surface area contributed by atoms with E-state index in [1.165, 1.54) is 23.2 Å². The number of hydrogen-bond acceptors (Lipinski definition) is 4. The van der Waals surface area contributed by atoms with Crippen LogP contribution in [0.5, 0.6) is 0 Å². The SMILES string of the molecule is CN(Cc1nc2ccccc2n1C[C@H]1CCCN(C(=N)N)C1)[C@H]1CCCc2cccnc21. The normalized spacial score (nSPS) is 21.1. The number of likely N-dealkylation sites (tertiary alicyclic amines) is 1. The first kappa shape index (κ1) is 20.9. The van der Waals surface area contributed by atoms with Crippen molar-refractivity contribution in [3.63, 3.8) is 0 Å². The number of nitrogens with one attached hydrogen (secondary N) is 1. The molecule has 0 bridgehead atoms. The molecular formula is C25H33N7. The second kappa shape index (κ2) is 8.90. The van der Waals surface area contributed by atoms with Gasteiger partial charge in [0.2, 0.25) is 0 Å². The molecule has 0 spiro atoms. The van der Waals surface area contributed by atoms with Gasteiger partial charge in [-0.25, -0.2) is 4.98 Å². The van der Waals surface area contributed by atoms with E-state index in [9.17, 15) is 0 Å². The number of aromatic nitrogens is 3. The first-order valence-electron chi connectivity index (χ1n) is 11.8. The fraction of sp³-hybridized carbons (Fsp3) is 0.480. The van der Waals surface area contributed by atoms with Crippen LogP contribution >= 0.6 is 0 Å². The predicted octanol–water partition coefficient (Wildman–Crippen LogP) is 3.55. The molecule has 7 heteroatoms. The van der Waals surface area contributed by atoms with Crippen molar-refractivity contribution in [3.8, 4) is 0 Å². The van der Waals surface area contributed by atoms with Crippen LogP contribution in [0.15, 0.2) is 42.6 Å². The lowest BCUT2D eigenvalue weighted by Gasteiger charge is -2.34. The van der Waals surface area contributed by atoms with E-state index in [2.05, 4.69) is 52.9 Å². The van der Waals surface area contributed by atoms with Crippen molar-refractivity contribution in [1.82, 2.24) is 24.3 Å². The third-order valence-electron chi connectivity index (χ3n) is 7.12. The van der Waals surface area contributed by atoms with Crippen LogP contribution in [0.1, 0.15) is 48.8 Å². The van der Waals surface area contributed by atoms with Crippen LogP contribution in [0.2, 0.25) is 0 Å². The lowest BCUT2D eigenvalue weighted by atomic mass is 9.91. The fourth-order valence-electron chi connectivity index (χ4n) is 5.49. The van der Waals surface area contributed by atoms with Crippen LogP contribution in [0, 0.1) is 11.3 Å². The Labute approximate surface area is 189 Å². The van der Waals surface area contributed by atoms with Crippen LogP contribution < -0.4 is 5.73 Å². The summed E-state index contributed by atoms with van der Waals surface area (Å²) in [6.07, 6.45) is 7.62. The first-order valence-corrected chi connectivity index (χ1v) is 11.8. The quantitative estimate of drug-likeness (QED) is 0.477. The molecule has 2 aromatic heterocycles. The number of aryl methyl sites for hydroxylation is 1.